The Kier molecular flexibility index (Phi) is 3.26. The van der Waals surface area contributed by atoms with Crippen LogP contribution in [0.4, 0.5) is 0 Å². The fourth-order valence-electron chi connectivity index (χ4n) is 1.85. The van der Waals surface area contributed by atoms with Crippen LogP contribution in [0.15, 0.2) is 48.8 Å². The molecule has 0 fully saturated rings. The van der Waals surface area contributed by atoms with Crippen molar-refractivity contribution in [2.75, 3.05) is 0 Å². The van der Waals surface area contributed by atoms with Gasteiger partial charge in [-0.1, -0.05) is 12.1 Å². The third-order valence-corrected chi connectivity index (χ3v) is 4.22. The zero-order chi connectivity index (χ0) is 12.4. The van der Waals surface area contributed by atoms with E-state index in [-0.39, 0.29) is 5.38 Å². The standard InChI is InChI=1S/C14H11ClN2S/c15-11(10-5-7-16-8-6-10)9-14-17-12-3-1-2-4-13(12)18-14/h1-8,11H,9H2. The van der Waals surface area contributed by atoms with Gasteiger partial charge in [-0.2, -0.15) is 0 Å². The second-order valence-corrected chi connectivity index (χ2v) is 5.67. The molecule has 1 unspecified atom stereocenters. The minimum Gasteiger partial charge on any atom is -0.265 e. The summed E-state index contributed by atoms with van der Waals surface area (Å²) < 4.78 is 1.21. The maximum absolute atomic E-state index is 6.41. The van der Waals surface area contributed by atoms with E-state index in [4.69, 9.17) is 11.6 Å². The largest absolute Gasteiger partial charge is 0.265 e. The maximum atomic E-state index is 6.41. The van der Waals surface area contributed by atoms with E-state index in [0.29, 0.717) is 0 Å². The van der Waals surface area contributed by atoms with Crippen LogP contribution in [-0.2, 0) is 6.42 Å². The zero-order valence-electron chi connectivity index (χ0n) is 9.58. The smallest absolute Gasteiger partial charge is 0.0956 e. The molecule has 4 heteroatoms. The molecule has 2 aromatic heterocycles. The number of hydrogen-bond acceptors (Lipinski definition) is 3. The van der Waals surface area contributed by atoms with E-state index in [1.165, 1.54) is 4.70 Å². The number of rotatable bonds is 3. The average molecular weight is 275 g/mol. The number of benzene rings is 1. The summed E-state index contributed by atoms with van der Waals surface area (Å²) in [6, 6.07) is 12.1. The van der Waals surface area contributed by atoms with Crippen molar-refractivity contribution in [2.24, 2.45) is 0 Å². The summed E-state index contributed by atoms with van der Waals surface area (Å²) in [4.78, 5) is 8.59. The molecule has 0 saturated carbocycles. The molecule has 3 aromatic rings. The molecule has 90 valence electrons. The predicted octanol–water partition coefficient (Wildman–Crippen LogP) is 4.21. The van der Waals surface area contributed by atoms with Gasteiger partial charge in [0.1, 0.15) is 0 Å². The molecular weight excluding hydrogens is 264 g/mol. The third kappa shape index (κ3) is 2.37. The highest BCUT2D eigenvalue weighted by Gasteiger charge is 2.12. The number of pyridine rings is 1. The number of fused-ring (bicyclic) bond motifs is 1. The lowest BCUT2D eigenvalue weighted by atomic mass is 10.1. The molecule has 0 amide bonds. The van der Waals surface area contributed by atoms with Crippen molar-refractivity contribution >= 4 is 33.2 Å². The molecule has 3 rings (SSSR count). The van der Waals surface area contributed by atoms with Gasteiger partial charge in [-0.05, 0) is 29.8 Å². The minimum absolute atomic E-state index is 0.0476. The zero-order valence-corrected chi connectivity index (χ0v) is 11.2. The Bertz CT molecular complexity index is 618. The molecule has 18 heavy (non-hydrogen) atoms. The molecule has 0 radical (unpaired) electrons. The van der Waals surface area contributed by atoms with Gasteiger partial charge in [0.05, 0.1) is 20.6 Å². The summed E-state index contributed by atoms with van der Waals surface area (Å²) >= 11 is 8.12. The fraction of sp³-hybridized carbons (Fsp3) is 0.143. The number of aromatic nitrogens is 2. The molecule has 0 saturated heterocycles. The average Bonchev–Trinajstić information content (AvgIpc) is 2.82. The van der Waals surface area contributed by atoms with E-state index >= 15 is 0 Å². The molecule has 0 aliphatic rings. The second kappa shape index (κ2) is 5.04. The Morgan fingerprint density at radius 1 is 1.11 bits per heavy atom. The first-order valence-corrected chi connectivity index (χ1v) is 6.96. The highest BCUT2D eigenvalue weighted by Crippen LogP contribution is 2.29. The highest BCUT2D eigenvalue weighted by atomic mass is 35.5. The lowest BCUT2D eigenvalue weighted by Crippen LogP contribution is -1.95. The van der Waals surface area contributed by atoms with Crippen molar-refractivity contribution in [2.45, 2.75) is 11.8 Å². The van der Waals surface area contributed by atoms with Gasteiger partial charge < -0.3 is 0 Å². The summed E-state index contributed by atoms with van der Waals surface area (Å²) in [5.41, 5.74) is 2.14. The van der Waals surface area contributed by atoms with Crippen LogP contribution < -0.4 is 0 Å². The van der Waals surface area contributed by atoms with Crippen molar-refractivity contribution < 1.29 is 0 Å². The van der Waals surface area contributed by atoms with Gasteiger partial charge in [-0.25, -0.2) is 4.98 Å². The van der Waals surface area contributed by atoms with Crippen LogP contribution in [0, 0.1) is 0 Å². The van der Waals surface area contributed by atoms with Crippen LogP contribution in [0.1, 0.15) is 15.9 Å². The first-order chi connectivity index (χ1) is 8.83. The van der Waals surface area contributed by atoms with Gasteiger partial charge >= 0.3 is 0 Å². The fourth-order valence-corrected chi connectivity index (χ4v) is 3.25. The summed E-state index contributed by atoms with van der Waals surface area (Å²) in [6.45, 7) is 0. The van der Waals surface area contributed by atoms with Crippen LogP contribution >= 0.6 is 22.9 Å². The van der Waals surface area contributed by atoms with E-state index < -0.39 is 0 Å². The Labute approximate surface area is 114 Å². The van der Waals surface area contributed by atoms with E-state index in [2.05, 4.69) is 16.0 Å². The molecule has 0 N–H and O–H groups in total. The number of alkyl halides is 1. The van der Waals surface area contributed by atoms with E-state index in [9.17, 15) is 0 Å². The van der Waals surface area contributed by atoms with Crippen LogP contribution in [0.25, 0.3) is 10.2 Å². The van der Waals surface area contributed by atoms with Crippen LogP contribution in [0.5, 0.6) is 0 Å². The van der Waals surface area contributed by atoms with Crippen molar-refractivity contribution in [1.82, 2.24) is 9.97 Å². The number of thiazole rings is 1. The van der Waals surface area contributed by atoms with Gasteiger partial charge in [-0.15, -0.1) is 22.9 Å². The summed E-state index contributed by atoms with van der Waals surface area (Å²) in [6.07, 6.45) is 4.29. The molecule has 0 spiro atoms. The monoisotopic (exact) mass is 274 g/mol. The van der Waals surface area contributed by atoms with Gasteiger partial charge in [-0.3, -0.25) is 4.98 Å². The molecule has 0 aliphatic heterocycles. The van der Waals surface area contributed by atoms with Gasteiger partial charge in [0, 0.05) is 18.8 Å². The Balaban J connectivity index is 1.84. The first-order valence-electron chi connectivity index (χ1n) is 5.71. The van der Waals surface area contributed by atoms with E-state index in [1.807, 2.05) is 30.3 Å². The lowest BCUT2D eigenvalue weighted by molar-refractivity contribution is 0.907. The van der Waals surface area contributed by atoms with Crippen LogP contribution in [0.2, 0.25) is 0 Å². The topological polar surface area (TPSA) is 25.8 Å². The Morgan fingerprint density at radius 3 is 2.67 bits per heavy atom. The highest BCUT2D eigenvalue weighted by molar-refractivity contribution is 7.18. The molecule has 1 atom stereocenters. The summed E-state index contributed by atoms with van der Waals surface area (Å²) in [5, 5.41) is 1.03. The predicted molar refractivity (Wildman–Crippen MR) is 76.2 cm³/mol. The van der Waals surface area contributed by atoms with E-state index in [1.54, 1.807) is 23.7 Å². The normalized spacial score (nSPS) is 12.7. The van der Waals surface area contributed by atoms with Gasteiger partial charge in [0.15, 0.2) is 0 Å². The molecular formula is C14H11ClN2S. The molecule has 0 bridgehead atoms. The molecule has 1 aromatic carbocycles. The Hall–Kier alpha value is -1.45. The van der Waals surface area contributed by atoms with Gasteiger partial charge in [0.25, 0.3) is 0 Å². The van der Waals surface area contributed by atoms with Crippen molar-refractivity contribution in [3.8, 4) is 0 Å². The molecule has 2 nitrogen and oxygen atoms in total. The van der Waals surface area contributed by atoms with Crippen LogP contribution in [-0.4, -0.2) is 9.97 Å². The number of hydrogen-bond donors (Lipinski definition) is 0. The second-order valence-electron chi connectivity index (χ2n) is 4.03. The van der Waals surface area contributed by atoms with Gasteiger partial charge in [0.2, 0.25) is 0 Å². The SMILES string of the molecule is ClC(Cc1nc2ccccc2s1)c1ccncc1. The lowest BCUT2D eigenvalue weighted by Gasteiger charge is -2.06. The maximum Gasteiger partial charge on any atom is 0.0956 e. The Morgan fingerprint density at radius 2 is 1.89 bits per heavy atom. The van der Waals surface area contributed by atoms with Crippen molar-refractivity contribution in [3.05, 3.63) is 59.4 Å². The summed E-state index contributed by atoms with van der Waals surface area (Å²) in [7, 11) is 0. The molecule has 2 heterocycles. The number of halogens is 1. The number of para-hydroxylation sites is 1. The number of nitrogens with zero attached hydrogens (tertiary/aromatic N) is 2. The quantitative estimate of drug-likeness (QED) is 0.669. The molecule has 0 aliphatic carbocycles. The third-order valence-electron chi connectivity index (χ3n) is 2.76. The van der Waals surface area contributed by atoms with Crippen molar-refractivity contribution in [3.63, 3.8) is 0 Å². The minimum atomic E-state index is -0.0476. The van der Waals surface area contributed by atoms with Crippen LogP contribution in [0.3, 0.4) is 0 Å². The summed E-state index contributed by atoms with van der Waals surface area (Å²) in [5.74, 6) is 0. The van der Waals surface area contributed by atoms with E-state index in [0.717, 1.165) is 22.5 Å². The first kappa shape index (κ1) is 11.6. The van der Waals surface area contributed by atoms with Crippen molar-refractivity contribution in [1.29, 1.82) is 0 Å².